The van der Waals surface area contributed by atoms with Crippen LogP contribution >= 0.6 is 0 Å². The number of pyridine rings is 1. The lowest BCUT2D eigenvalue weighted by Gasteiger charge is -2.34. The van der Waals surface area contributed by atoms with E-state index in [1.165, 1.54) is 26.9 Å². The molecule has 0 spiro atoms. The molecule has 3 heteroatoms. The molecule has 0 N–H and O–H groups in total. The lowest BCUT2D eigenvalue weighted by atomic mass is 9.98. The topological polar surface area (TPSA) is 19.4 Å². The van der Waals surface area contributed by atoms with Crippen molar-refractivity contribution in [1.29, 1.82) is 0 Å². The van der Waals surface area contributed by atoms with Crippen molar-refractivity contribution in [2.75, 3.05) is 38.1 Å². The second-order valence-electron chi connectivity index (χ2n) is 6.95. The van der Waals surface area contributed by atoms with Gasteiger partial charge in [0.15, 0.2) is 0 Å². The zero-order chi connectivity index (χ0) is 16.8. The largest absolute Gasteiger partial charge is 0.354 e. The first-order chi connectivity index (χ1) is 12.3. The fraction of sp³-hybridized carbons (Fsp3) is 0.227. The van der Waals surface area contributed by atoms with Crippen molar-refractivity contribution in [3.63, 3.8) is 0 Å². The van der Waals surface area contributed by atoms with E-state index in [0.717, 1.165) is 37.5 Å². The van der Waals surface area contributed by atoms with Gasteiger partial charge < -0.3 is 9.80 Å². The molecule has 0 amide bonds. The van der Waals surface area contributed by atoms with Gasteiger partial charge in [-0.25, -0.2) is 4.98 Å². The molecule has 4 aromatic rings. The van der Waals surface area contributed by atoms with Gasteiger partial charge in [0.1, 0.15) is 5.82 Å². The number of piperazine rings is 1. The van der Waals surface area contributed by atoms with Crippen molar-refractivity contribution in [2.24, 2.45) is 0 Å². The number of hydrogen-bond donors (Lipinski definition) is 0. The molecule has 0 saturated carbocycles. The second kappa shape index (κ2) is 5.71. The third-order valence-electron chi connectivity index (χ3n) is 5.37. The Balaban J connectivity index is 1.87. The molecule has 0 atom stereocenters. The number of benzene rings is 3. The zero-order valence-corrected chi connectivity index (χ0v) is 14.4. The summed E-state index contributed by atoms with van der Waals surface area (Å²) in [6.07, 6.45) is 0. The molecule has 0 aliphatic carbocycles. The third-order valence-corrected chi connectivity index (χ3v) is 5.37. The van der Waals surface area contributed by atoms with E-state index >= 15 is 0 Å². The minimum atomic E-state index is 1.03. The quantitative estimate of drug-likeness (QED) is 0.486. The van der Waals surface area contributed by atoms with Crippen LogP contribution in [0.15, 0.2) is 60.7 Å². The molecule has 1 aromatic heterocycles. The molecule has 3 aromatic carbocycles. The Bertz CT molecular complexity index is 1060. The minimum Gasteiger partial charge on any atom is -0.354 e. The van der Waals surface area contributed by atoms with E-state index in [4.69, 9.17) is 4.98 Å². The number of rotatable bonds is 1. The van der Waals surface area contributed by atoms with Gasteiger partial charge in [0, 0.05) is 42.3 Å². The van der Waals surface area contributed by atoms with Crippen LogP contribution in [-0.2, 0) is 0 Å². The first-order valence-corrected chi connectivity index (χ1v) is 8.95. The molecule has 1 fully saturated rings. The molecule has 0 bridgehead atoms. The first kappa shape index (κ1) is 14.7. The van der Waals surface area contributed by atoms with Crippen LogP contribution in [0.2, 0.25) is 0 Å². The van der Waals surface area contributed by atoms with E-state index < -0.39 is 0 Å². The summed E-state index contributed by atoms with van der Waals surface area (Å²) < 4.78 is 0. The van der Waals surface area contributed by atoms with E-state index in [9.17, 15) is 0 Å². The SMILES string of the molecule is CN1CCN(c2nc3ccccc3c3c2ccc2ccccc23)CC1. The van der Waals surface area contributed by atoms with Crippen LogP contribution in [0, 0.1) is 0 Å². The molecule has 0 unspecified atom stereocenters. The van der Waals surface area contributed by atoms with Crippen LogP contribution < -0.4 is 4.90 Å². The van der Waals surface area contributed by atoms with Gasteiger partial charge in [-0.15, -0.1) is 0 Å². The summed E-state index contributed by atoms with van der Waals surface area (Å²) in [7, 11) is 2.19. The number of likely N-dealkylation sites (N-methyl/N-ethyl adjacent to an activating group) is 1. The summed E-state index contributed by atoms with van der Waals surface area (Å²) in [4.78, 5) is 9.90. The highest BCUT2D eigenvalue weighted by Gasteiger charge is 2.19. The Morgan fingerprint density at radius 1 is 0.720 bits per heavy atom. The molecule has 1 aliphatic heterocycles. The summed E-state index contributed by atoms with van der Waals surface area (Å²) in [5.74, 6) is 1.13. The van der Waals surface area contributed by atoms with Crippen molar-refractivity contribution < 1.29 is 0 Å². The third kappa shape index (κ3) is 2.35. The molecular weight excluding hydrogens is 306 g/mol. The molecular formula is C22H21N3. The van der Waals surface area contributed by atoms with Crippen LogP contribution in [-0.4, -0.2) is 43.1 Å². The molecule has 1 saturated heterocycles. The summed E-state index contributed by atoms with van der Waals surface area (Å²) in [5, 5.41) is 6.44. The van der Waals surface area contributed by atoms with Crippen molar-refractivity contribution >= 4 is 38.3 Å². The van der Waals surface area contributed by atoms with E-state index in [1.807, 2.05) is 0 Å². The highest BCUT2D eigenvalue weighted by Crippen LogP contribution is 2.36. The van der Waals surface area contributed by atoms with Crippen LogP contribution in [0.5, 0.6) is 0 Å². The minimum absolute atomic E-state index is 1.03. The predicted octanol–water partition coefficient (Wildman–Crippen LogP) is 4.29. The summed E-state index contributed by atoms with van der Waals surface area (Å²) >= 11 is 0. The summed E-state index contributed by atoms with van der Waals surface area (Å²) in [6.45, 7) is 4.24. The molecule has 25 heavy (non-hydrogen) atoms. The van der Waals surface area contributed by atoms with Gasteiger partial charge in [-0.1, -0.05) is 54.6 Å². The van der Waals surface area contributed by atoms with Crippen molar-refractivity contribution in [3.8, 4) is 0 Å². The number of anilines is 1. The van der Waals surface area contributed by atoms with Crippen LogP contribution in [0.4, 0.5) is 5.82 Å². The normalized spacial score (nSPS) is 16.1. The molecule has 1 aliphatic rings. The van der Waals surface area contributed by atoms with Gasteiger partial charge in [0.05, 0.1) is 5.52 Å². The van der Waals surface area contributed by atoms with E-state index in [0.29, 0.717) is 0 Å². The number of para-hydroxylation sites is 1. The fourth-order valence-corrected chi connectivity index (χ4v) is 3.96. The molecule has 3 nitrogen and oxygen atoms in total. The lowest BCUT2D eigenvalue weighted by molar-refractivity contribution is 0.312. The number of hydrogen-bond acceptors (Lipinski definition) is 3. The first-order valence-electron chi connectivity index (χ1n) is 8.95. The smallest absolute Gasteiger partial charge is 0.137 e. The maximum Gasteiger partial charge on any atom is 0.137 e. The van der Waals surface area contributed by atoms with E-state index in [-0.39, 0.29) is 0 Å². The van der Waals surface area contributed by atoms with Gasteiger partial charge in [-0.3, -0.25) is 0 Å². The maximum absolute atomic E-state index is 5.07. The number of aromatic nitrogens is 1. The molecule has 124 valence electrons. The molecule has 0 radical (unpaired) electrons. The van der Waals surface area contributed by atoms with Crippen molar-refractivity contribution in [3.05, 3.63) is 60.7 Å². The number of fused-ring (bicyclic) bond motifs is 5. The van der Waals surface area contributed by atoms with Gasteiger partial charge in [-0.05, 0) is 23.9 Å². The van der Waals surface area contributed by atoms with Crippen LogP contribution in [0.25, 0.3) is 32.4 Å². The van der Waals surface area contributed by atoms with Gasteiger partial charge in [0.2, 0.25) is 0 Å². The lowest BCUT2D eigenvalue weighted by Crippen LogP contribution is -2.44. The van der Waals surface area contributed by atoms with E-state index in [1.54, 1.807) is 0 Å². The Morgan fingerprint density at radius 3 is 2.28 bits per heavy atom. The Morgan fingerprint density at radius 2 is 1.44 bits per heavy atom. The van der Waals surface area contributed by atoms with Crippen LogP contribution in [0.3, 0.4) is 0 Å². The fourth-order valence-electron chi connectivity index (χ4n) is 3.96. The average molecular weight is 327 g/mol. The van der Waals surface area contributed by atoms with E-state index in [2.05, 4.69) is 77.5 Å². The highest BCUT2D eigenvalue weighted by molar-refractivity contribution is 6.22. The maximum atomic E-state index is 5.07. The summed E-state index contributed by atoms with van der Waals surface area (Å²) in [6, 6.07) is 21.7. The second-order valence-corrected chi connectivity index (χ2v) is 6.95. The average Bonchev–Trinajstić information content (AvgIpc) is 2.67. The zero-order valence-electron chi connectivity index (χ0n) is 14.4. The van der Waals surface area contributed by atoms with Crippen molar-refractivity contribution in [1.82, 2.24) is 9.88 Å². The predicted molar refractivity (Wildman–Crippen MR) is 106 cm³/mol. The monoisotopic (exact) mass is 327 g/mol. The van der Waals surface area contributed by atoms with Crippen LogP contribution in [0.1, 0.15) is 0 Å². The molecule has 5 rings (SSSR count). The standard InChI is InChI=1S/C22H21N3/c1-24-12-14-25(15-13-24)22-19-11-10-16-6-2-3-7-17(16)21(19)18-8-4-5-9-20(18)23-22/h2-11H,12-15H2,1H3. The summed E-state index contributed by atoms with van der Waals surface area (Å²) in [5.41, 5.74) is 1.08. The Labute approximate surface area is 147 Å². The number of nitrogens with zero attached hydrogens (tertiary/aromatic N) is 3. The highest BCUT2D eigenvalue weighted by atomic mass is 15.3. The Kier molecular flexibility index (Phi) is 3.35. The van der Waals surface area contributed by atoms with Crippen molar-refractivity contribution in [2.45, 2.75) is 0 Å². The molecule has 2 heterocycles. The van der Waals surface area contributed by atoms with Gasteiger partial charge in [0.25, 0.3) is 0 Å². The van der Waals surface area contributed by atoms with Gasteiger partial charge >= 0.3 is 0 Å². The van der Waals surface area contributed by atoms with Gasteiger partial charge in [-0.2, -0.15) is 0 Å². The Hall–Kier alpha value is -2.65.